The van der Waals surface area contributed by atoms with Gasteiger partial charge in [0.05, 0.1) is 23.4 Å². The third-order valence-corrected chi connectivity index (χ3v) is 4.77. The second kappa shape index (κ2) is 11.2. The van der Waals surface area contributed by atoms with Crippen molar-refractivity contribution in [1.82, 2.24) is 14.4 Å². The van der Waals surface area contributed by atoms with Gasteiger partial charge in [0.1, 0.15) is 12.5 Å². The molecule has 0 bridgehead atoms. The molecule has 2 aromatic rings. The molecule has 0 radical (unpaired) electrons. The highest BCUT2D eigenvalue weighted by atomic mass is 16.5. The largest absolute Gasteiger partial charge is 0.478 e. The third kappa shape index (κ3) is 5.77. The zero-order chi connectivity index (χ0) is 23.1. The molecule has 0 saturated heterocycles. The molecule has 170 valence electrons. The standard InChI is InChI=1S/C22H31N3O3.C3H6/c1-7-27-22(26)21-18(13-23(4)5)25(11-10-15(2)3)17-8-9-19-16(20(17)21)12-24(6)14-28-19;1-3-2/h8-11,15H,7,12-14H2,1-6H3;3H,1H2,2H3/b11-10+;. The molecular formula is C25H37N3O3. The lowest BCUT2D eigenvalue weighted by Crippen LogP contribution is -2.28. The molecule has 0 N–H and O–H groups in total. The van der Waals surface area contributed by atoms with Crippen molar-refractivity contribution in [1.29, 1.82) is 0 Å². The van der Waals surface area contributed by atoms with Crippen LogP contribution in [0.3, 0.4) is 0 Å². The predicted octanol–water partition coefficient (Wildman–Crippen LogP) is 4.98. The second-order valence-electron chi connectivity index (χ2n) is 8.37. The quantitative estimate of drug-likeness (QED) is 0.481. The van der Waals surface area contributed by atoms with Gasteiger partial charge < -0.3 is 18.9 Å². The highest BCUT2D eigenvalue weighted by Crippen LogP contribution is 2.38. The van der Waals surface area contributed by atoms with Crippen LogP contribution >= 0.6 is 0 Å². The number of hydrogen-bond donors (Lipinski definition) is 0. The Morgan fingerprint density at radius 1 is 1.35 bits per heavy atom. The minimum atomic E-state index is -0.275. The maximum absolute atomic E-state index is 13.0. The van der Waals surface area contributed by atoms with E-state index >= 15 is 0 Å². The van der Waals surface area contributed by atoms with Gasteiger partial charge in [0.2, 0.25) is 0 Å². The Morgan fingerprint density at radius 2 is 2.03 bits per heavy atom. The molecule has 0 spiro atoms. The molecule has 0 aliphatic carbocycles. The van der Waals surface area contributed by atoms with Crippen molar-refractivity contribution in [2.75, 3.05) is 34.5 Å². The van der Waals surface area contributed by atoms with Gasteiger partial charge >= 0.3 is 5.97 Å². The van der Waals surface area contributed by atoms with E-state index in [1.807, 2.05) is 47.1 Å². The van der Waals surface area contributed by atoms with Gasteiger partial charge in [0, 0.05) is 30.2 Å². The first-order valence-electron chi connectivity index (χ1n) is 10.8. The number of fused-ring (bicyclic) bond motifs is 3. The van der Waals surface area contributed by atoms with Crippen molar-refractivity contribution < 1.29 is 14.3 Å². The van der Waals surface area contributed by atoms with E-state index in [0.29, 0.717) is 31.4 Å². The summed E-state index contributed by atoms with van der Waals surface area (Å²) in [5.74, 6) is 0.975. The van der Waals surface area contributed by atoms with Crippen molar-refractivity contribution in [3.05, 3.63) is 47.7 Å². The van der Waals surface area contributed by atoms with Crippen molar-refractivity contribution in [3.63, 3.8) is 0 Å². The zero-order valence-corrected chi connectivity index (χ0v) is 20.1. The Labute approximate surface area is 186 Å². The topological polar surface area (TPSA) is 46.9 Å². The summed E-state index contributed by atoms with van der Waals surface area (Å²) in [5, 5.41) is 0.938. The lowest BCUT2D eigenvalue weighted by molar-refractivity contribution is 0.0526. The zero-order valence-electron chi connectivity index (χ0n) is 20.1. The fourth-order valence-corrected chi connectivity index (χ4v) is 3.60. The monoisotopic (exact) mass is 427 g/mol. The van der Waals surface area contributed by atoms with Crippen LogP contribution in [0.15, 0.2) is 30.9 Å². The Morgan fingerprint density at radius 3 is 2.61 bits per heavy atom. The molecule has 0 atom stereocenters. The highest BCUT2D eigenvalue weighted by molar-refractivity contribution is 6.08. The predicted molar refractivity (Wildman–Crippen MR) is 128 cm³/mol. The number of carbonyl (C=O) groups excluding carboxylic acids is 1. The van der Waals surface area contributed by atoms with Crippen LogP contribution in [0, 0.1) is 5.92 Å². The van der Waals surface area contributed by atoms with E-state index < -0.39 is 0 Å². The molecule has 0 saturated carbocycles. The molecule has 1 aromatic carbocycles. The minimum Gasteiger partial charge on any atom is -0.478 e. The lowest BCUT2D eigenvalue weighted by Gasteiger charge is -2.26. The molecule has 6 heteroatoms. The van der Waals surface area contributed by atoms with E-state index in [1.54, 1.807) is 6.08 Å². The molecular weight excluding hydrogens is 390 g/mol. The molecule has 3 rings (SSSR count). The van der Waals surface area contributed by atoms with E-state index in [2.05, 4.69) is 47.1 Å². The molecule has 1 aromatic heterocycles. The molecule has 1 aliphatic heterocycles. The number of nitrogens with zero attached hydrogens (tertiary/aromatic N) is 3. The maximum atomic E-state index is 13.0. The summed E-state index contributed by atoms with van der Waals surface area (Å²) in [6.07, 6.45) is 5.98. The van der Waals surface area contributed by atoms with E-state index in [1.165, 1.54) is 0 Å². The Balaban J connectivity index is 0.00000107. The average Bonchev–Trinajstić information content (AvgIpc) is 3.00. The summed E-state index contributed by atoms with van der Waals surface area (Å²) in [4.78, 5) is 17.2. The summed E-state index contributed by atoms with van der Waals surface area (Å²) >= 11 is 0. The Hall–Kier alpha value is -2.57. The van der Waals surface area contributed by atoms with Crippen LogP contribution in [0.1, 0.15) is 49.3 Å². The van der Waals surface area contributed by atoms with E-state index in [0.717, 1.165) is 34.5 Å². The van der Waals surface area contributed by atoms with Crippen LogP contribution in [0.2, 0.25) is 0 Å². The van der Waals surface area contributed by atoms with Crippen LogP contribution in [0.25, 0.3) is 17.1 Å². The Kier molecular flexibility index (Phi) is 8.89. The van der Waals surface area contributed by atoms with Crippen molar-refractivity contribution in [2.45, 2.75) is 40.8 Å². The summed E-state index contributed by atoms with van der Waals surface area (Å²) in [5.41, 5.74) is 3.65. The number of ether oxygens (including phenoxy) is 2. The number of rotatable bonds is 6. The van der Waals surface area contributed by atoms with E-state index in [-0.39, 0.29) is 5.97 Å². The number of hydrogen-bond acceptors (Lipinski definition) is 5. The highest BCUT2D eigenvalue weighted by Gasteiger charge is 2.28. The first-order chi connectivity index (χ1) is 14.7. The van der Waals surface area contributed by atoms with Crippen LogP contribution in [-0.4, -0.2) is 54.8 Å². The minimum absolute atomic E-state index is 0.275. The third-order valence-electron chi connectivity index (χ3n) is 4.77. The smallest absolute Gasteiger partial charge is 0.340 e. The summed E-state index contributed by atoms with van der Waals surface area (Å²) in [7, 11) is 6.03. The van der Waals surface area contributed by atoms with Crippen molar-refractivity contribution >= 4 is 23.1 Å². The van der Waals surface area contributed by atoms with E-state index in [9.17, 15) is 4.79 Å². The fourth-order valence-electron chi connectivity index (χ4n) is 3.60. The summed E-state index contributed by atoms with van der Waals surface area (Å²) in [6.45, 7) is 13.6. The van der Waals surface area contributed by atoms with Gasteiger partial charge in [-0.15, -0.1) is 6.58 Å². The van der Waals surface area contributed by atoms with Crippen molar-refractivity contribution in [2.24, 2.45) is 5.92 Å². The molecule has 0 fully saturated rings. The number of carbonyl (C=O) groups is 1. The number of aromatic nitrogens is 1. The molecule has 6 nitrogen and oxygen atoms in total. The normalized spacial score (nSPS) is 13.8. The SMILES string of the molecule is C=CC.CCOC(=O)c1c(CN(C)C)n(/C=C/C(C)C)c2ccc3c(c12)CN(C)CO3. The number of benzene rings is 1. The van der Waals surface area contributed by atoms with Gasteiger partial charge in [-0.3, -0.25) is 4.90 Å². The fraction of sp³-hybridized carbons (Fsp3) is 0.480. The Bertz CT molecular complexity index is 941. The van der Waals surface area contributed by atoms with Crippen LogP contribution in [0.5, 0.6) is 5.75 Å². The van der Waals surface area contributed by atoms with Gasteiger partial charge in [-0.25, -0.2) is 4.79 Å². The summed E-state index contributed by atoms with van der Waals surface area (Å²) in [6, 6.07) is 4.06. The first-order valence-corrected chi connectivity index (χ1v) is 10.8. The van der Waals surface area contributed by atoms with Crippen LogP contribution in [0.4, 0.5) is 0 Å². The first kappa shape index (κ1) is 24.7. The maximum Gasteiger partial charge on any atom is 0.340 e. The average molecular weight is 428 g/mol. The second-order valence-corrected chi connectivity index (χ2v) is 8.37. The van der Waals surface area contributed by atoms with Gasteiger partial charge in [0.15, 0.2) is 0 Å². The number of esters is 1. The van der Waals surface area contributed by atoms with E-state index in [4.69, 9.17) is 9.47 Å². The summed E-state index contributed by atoms with van der Waals surface area (Å²) < 4.78 is 13.5. The molecule has 2 heterocycles. The van der Waals surface area contributed by atoms with Crippen LogP contribution < -0.4 is 4.74 Å². The van der Waals surface area contributed by atoms with Gasteiger partial charge in [-0.05, 0) is 53.0 Å². The lowest BCUT2D eigenvalue weighted by atomic mass is 10.0. The molecule has 1 aliphatic rings. The molecule has 0 unspecified atom stereocenters. The van der Waals surface area contributed by atoms with Gasteiger partial charge in [-0.1, -0.05) is 26.0 Å². The van der Waals surface area contributed by atoms with Gasteiger partial charge in [0.25, 0.3) is 0 Å². The molecule has 31 heavy (non-hydrogen) atoms. The van der Waals surface area contributed by atoms with Gasteiger partial charge in [-0.2, -0.15) is 0 Å². The number of allylic oxidation sites excluding steroid dienone is 2. The van der Waals surface area contributed by atoms with Crippen molar-refractivity contribution in [3.8, 4) is 5.75 Å². The van der Waals surface area contributed by atoms with Crippen LogP contribution in [-0.2, 0) is 17.8 Å². The molecule has 0 amide bonds.